The fourth-order valence-electron chi connectivity index (χ4n) is 1.65. The van der Waals surface area contributed by atoms with Crippen LogP contribution in [0, 0.1) is 20.8 Å². The zero-order chi connectivity index (χ0) is 13.1. The van der Waals surface area contributed by atoms with Crippen molar-refractivity contribution in [2.24, 2.45) is 0 Å². The molecule has 0 aromatic carbocycles. The minimum absolute atomic E-state index is 0.179. The molecule has 94 valence electrons. The van der Waals surface area contributed by atoms with Crippen LogP contribution in [0.2, 0.25) is 0 Å². The van der Waals surface area contributed by atoms with Crippen LogP contribution in [-0.4, -0.2) is 15.9 Å². The van der Waals surface area contributed by atoms with Gasteiger partial charge in [0.15, 0.2) is 0 Å². The lowest BCUT2D eigenvalue weighted by Gasteiger charge is -2.05. The average Bonchev–Trinajstić information content (AvgIpc) is 2.71. The summed E-state index contributed by atoms with van der Waals surface area (Å²) < 4.78 is 5.24. The van der Waals surface area contributed by atoms with Crippen molar-refractivity contribution in [2.45, 2.75) is 27.4 Å². The molecule has 0 radical (unpaired) electrons. The maximum absolute atomic E-state index is 11.8. The highest BCUT2D eigenvalue weighted by Gasteiger charge is 2.11. The summed E-state index contributed by atoms with van der Waals surface area (Å²) in [6.07, 6.45) is 0. The Morgan fingerprint density at radius 3 is 2.67 bits per heavy atom. The third-order valence-electron chi connectivity index (χ3n) is 2.45. The Morgan fingerprint density at radius 2 is 2.06 bits per heavy atom. The first-order chi connectivity index (χ1) is 8.56. The molecule has 0 amide bonds. The van der Waals surface area contributed by atoms with E-state index in [1.165, 1.54) is 11.3 Å². The number of carbonyl (C=O) groups is 1. The van der Waals surface area contributed by atoms with Gasteiger partial charge in [0, 0.05) is 11.1 Å². The number of nitrogens with zero attached hydrogens (tertiary/aromatic N) is 2. The highest BCUT2D eigenvalue weighted by atomic mass is 32.1. The molecular weight excluding hydrogens is 248 g/mol. The highest BCUT2D eigenvalue weighted by Crippen LogP contribution is 2.15. The number of aromatic nitrogens is 2. The molecule has 0 saturated heterocycles. The second kappa shape index (κ2) is 5.27. The molecule has 0 aliphatic carbocycles. The number of hydrogen-bond acceptors (Lipinski definition) is 5. The van der Waals surface area contributed by atoms with Crippen LogP contribution in [0.1, 0.15) is 33.1 Å². The van der Waals surface area contributed by atoms with Crippen LogP contribution in [0.25, 0.3) is 0 Å². The molecule has 0 aliphatic rings. The van der Waals surface area contributed by atoms with E-state index in [2.05, 4.69) is 9.97 Å². The Bertz CT molecular complexity index is 558. The molecule has 0 fully saturated rings. The van der Waals surface area contributed by atoms with E-state index in [0.717, 1.165) is 17.0 Å². The Balaban J connectivity index is 2.04. The van der Waals surface area contributed by atoms with E-state index in [4.69, 9.17) is 4.74 Å². The minimum atomic E-state index is -0.303. The van der Waals surface area contributed by atoms with Crippen molar-refractivity contribution in [3.05, 3.63) is 45.2 Å². The molecule has 2 aromatic rings. The van der Waals surface area contributed by atoms with Crippen LogP contribution in [0.5, 0.6) is 0 Å². The first-order valence-electron chi connectivity index (χ1n) is 5.57. The quantitative estimate of drug-likeness (QED) is 0.798. The summed E-state index contributed by atoms with van der Waals surface area (Å²) in [4.78, 5) is 20.2. The first-order valence-corrected chi connectivity index (χ1v) is 6.51. The van der Waals surface area contributed by atoms with Crippen LogP contribution in [0.4, 0.5) is 0 Å². The van der Waals surface area contributed by atoms with Crippen LogP contribution >= 0.6 is 11.3 Å². The molecule has 0 bridgehead atoms. The van der Waals surface area contributed by atoms with Crippen molar-refractivity contribution < 1.29 is 9.53 Å². The van der Waals surface area contributed by atoms with Crippen LogP contribution in [0.15, 0.2) is 16.8 Å². The van der Waals surface area contributed by atoms with Gasteiger partial charge in [-0.05, 0) is 37.8 Å². The van der Waals surface area contributed by atoms with Gasteiger partial charge in [-0.1, -0.05) is 0 Å². The maximum atomic E-state index is 11.8. The number of rotatable bonds is 3. The molecule has 0 N–H and O–H groups in total. The zero-order valence-corrected chi connectivity index (χ0v) is 11.4. The molecule has 0 unspecified atom stereocenters. The van der Waals surface area contributed by atoms with Crippen molar-refractivity contribution in [3.63, 3.8) is 0 Å². The van der Waals surface area contributed by atoms with E-state index in [-0.39, 0.29) is 12.6 Å². The summed E-state index contributed by atoms with van der Waals surface area (Å²) >= 11 is 1.49. The van der Waals surface area contributed by atoms with Gasteiger partial charge in [0.2, 0.25) is 0 Å². The van der Waals surface area contributed by atoms with Gasteiger partial charge in [-0.2, -0.15) is 11.3 Å². The fraction of sp³-hybridized carbons (Fsp3) is 0.308. The molecule has 2 aromatic heterocycles. The Morgan fingerprint density at radius 1 is 1.28 bits per heavy atom. The van der Waals surface area contributed by atoms with Gasteiger partial charge in [0.1, 0.15) is 12.4 Å². The fourth-order valence-corrected chi connectivity index (χ4v) is 2.47. The van der Waals surface area contributed by atoms with Gasteiger partial charge in [-0.25, -0.2) is 14.8 Å². The van der Waals surface area contributed by atoms with Gasteiger partial charge in [0.25, 0.3) is 0 Å². The Labute approximate surface area is 110 Å². The summed E-state index contributed by atoms with van der Waals surface area (Å²) in [5, 5.41) is 3.73. The smallest absolute Gasteiger partial charge is 0.339 e. The van der Waals surface area contributed by atoms with Crippen LogP contribution in [0.3, 0.4) is 0 Å². The normalized spacial score (nSPS) is 10.4. The van der Waals surface area contributed by atoms with E-state index in [1.807, 2.05) is 32.2 Å². The SMILES string of the molecule is Cc1cc(COC(=O)c2cscc2C)nc(C)n1. The van der Waals surface area contributed by atoms with E-state index in [9.17, 15) is 4.79 Å². The maximum Gasteiger partial charge on any atom is 0.339 e. The first kappa shape index (κ1) is 12.7. The van der Waals surface area contributed by atoms with E-state index >= 15 is 0 Å². The molecule has 2 rings (SSSR count). The van der Waals surface area contributed by atoms with Crippen molar-refractivity contribution in [3.8, 4) is 0 Å². The summed E-state index contributed by atoms with van der Waals surface area (Å²) in [6.45, 7) is 5.79. The molecule has 0 saturated carbocycles. The standard InChI is InChI=1S/C13H14N2O2S/c1-8-6-18-7-12(8)13(16)17-5-11-4-9(2)14-10(3)15-11/h4,6-7H,5H2,1-3H3. The molecule has 18 heavy (non-hydrogen) atoms. The third-order valence-corrected chi connectivity index (χ3v) is 3.31. The largest absolute Gasteiger partial charge is 0.456 e. The van der Waals surface area contributed by atoms with E-state index in [0.29, 0.717) is 11.4 Å². The van der Waals surface area contributed by atoms with Crippen molar-refractivity contribution in [2.75, 3.05) is 0 Å². The topological polar surface area (TPSA) is 52.1 Å². The lowest BCUT2D eigenvalue weighted by Crippen LogP contribution is -2.07. The molecule has 0 atom stereocenters. The van der Waals surface area contributed by atoms with Gasteiger partial charge >= 0.3 is 5.97 Å². The number of esters is 1. The van der Waals surface area contributed by atoms with Crippen LogP contribution in [-0.2, 0) is 11.3 Å². The van der Waals surface area contributed by atoms with Crippen molar-refractivity contribution in [1.82, 2.24) is 9.97 Å². The van der Waals surface area contributed by atoms with E-state index < -0.39 is 0 Å². The number of carbonyl (C=O) groups excluding carboxylic acids is 1. The average molecular weight is 262 g/mol. The summed E-state index contributed by atoms with van der Waals surface area (Å²) in [5.74, 6) is 0.385. The monoisotopic (exact) mass is 262 g/mol. The zero-order valence-electron chi connectivity index (χ0n) is 10.6. The molecular formula is C13H14N2O2S. The van der Waals surface area contributed by atoms with Crippen LogP contribution < -0.4 is 0 Å². The number of hydrogen-bond donors (Lipinski definition) is 0. The number of ether oxygens (including phenoxy) is 1. The summed E-state index contributed by atoms with van der Waals surface area (Å²) in [6, 6.07) is 1.82. The molecule has 5 heteroatoms. The second-order valence-corrected chi connectivity index (χ2v) is 4.84. The highest BCUT2D eigenvalue weighted by molar-refractivity contribution is 7.08. The van der Waals surface area contributed by atoms with Gasteiger partial charge < -0.3 is 4.74 Å². The summed E-state index contributed by atoms with van der Waals surface area (Å²) in [5.41, 5.74) is 3.17. The molecule has 2 heterocycles. The predicted octanol–water partition coefficient (Wildman–Crippen LogP) is 2.82. The predicted molar refractivity (Wildman–Crippen MR) is 69.7 cm³/mol. The molecule has 0 spiro atoms. The number of thiophene rings is 1. The van der Waals surface area contributed by atoms with E-state index in [1.54, 1.807) is 5.38 Å². The molecule has 0 aliphatic heterocycles. The molecule has 4 nitrogen and oxygen atoms in total. The van der Waals surface area contributed by atoms with Crippen molar-refractivity contribution in [1.29, 1.82) is 0 Å². The number of aryl methyl sites for hydroxylation is 3. The second-order valence-electron chi connectivity index (χ2n) is 4.09. The summed E-state index contributed by atoms with van der Waals surface area (Å²) in [7, 11) is 0. The lowest BCUT2D eigenvalue weighted by molar-refractivity contribution is 0.0467. The van der Waals surface area contributed by atoms with Gasteiger partial charge in [0.05, 0.1) is 11.3 Å². The Hall–Kier alpha value is -1.75. The third kappa shape index (κ3) is 2.92. The minimum Gasteiger partial charge on any atom is -0.456 e. The van der Waals surface area contributed by atoms with Gasteiger partial charge in [-0.3, -0.25) is 0 Å². The Kier molecular flexibility index (Phi) is 3.72. The van der Waals surface area contributed by atoms with Crippen molar-refractivity contribution >= 4 is 17.3 Å². The van der Waals surface area contributed by atoms with Gasteiger partial charge in [-0.15, -0.1) is 0 Å². The lowest BCUT2D eigenvalue weighted by atomic mass is 10.2.